The van der Waals surface area contributed by atoms with Crippen LogP contribution < -0.4 is 10.1 Å². The normalized spacial score (nSPS) is 17.5. The van der Waals surface area contributed by atoms with E-state index in [-0.39, 0.29) is 35.6 Å². The molecular weight excluding hydrogens is 310 g/mol. The van der Waals surface area contributed by atoms with Crippen molar-refractivity contribution in [3.8, 4) is 5.75 Å². The average molecular weight is 330 g/mol. The fraction of sp³-hybridized carbons (Fsp3) is 0.500. The van der Waals surface area contributed by atoms with Gasteiger partial charge in [-0.3, -0.25) is 14.9 Å². The molecule has 1 aliphatic heterocycles. The van der Waals surface area contributed by atoms with Crippen LogP contribution in [0.5, 0.6) is 5.75 Å². The third-order valence-electron chi connectivity index (χ3n) is 3.74. The number of carbonyl (C=O) groups excluding carboxylic acids is 1. The smallest absolute Gasteiger partial charge is 0.270 e. The zero-order valence-electron chi connectivity index (χ0n) is 12.6. The highest BCUT2D eigenvalue weighted by Gasteiger charge is 2.26. The van der Waals surface area contributed by atoms with Crippen LogP contribution in [0.25, 0.3) is 0 Å². The summed E-state index contributed by atoms with van der Waals surface area (Å²) in [6.07, 6.45) is 1.93. The van der Waals surface area contributed by atoms with E-state index in [1.54, 1.807) is 4.90 Å². The lowest BCUT2D eigenvalue weighted by molar-refractivity contribution is -0.384. The molecule has 0 radical (unpaired) electrons. The summed E-state index contributed by atoms with van der Waals surface area (Å²) in [4.78, 5) is 24.7. The minimum absolute atomic E-state index is 0. The summed E-state index contributed by atoms with van der Waals surface area (Å²) in [6, 6.07) is 4.34. The summed E-state index contributed by atoms with van der Waals surface area (Å²) < 4.78 is 5.16. The number of hydrogen-bond donors (Lipinski definition) is 1. The molecule has 1 aliphatic rings. The van der Waals surface area contributed by atoms with Gasteiger partial charge in [0, 0.05) is 31.3 Å². The molecule has 1 unspecified atom stereocenters. The highest BCUT2D eigenvalue weighted by Crippen LogP contribution is 2.26. The highest BCUT2D eigenvalue weighted by molar-refractivity contribution is 5.97. The van der Waals surface area contributed by atoms with Gasteiger partial charge in [0.2, 0.25) is 0 Å². The number of piperidine rings is 1. The van der Waals surface area contributed by atoms with Crippen molar-refractivity contribution in [2.24, 2.45) is 0 Å². The minimum atomic E-state index is -0.511. The second-order valence-electron chi connectivity index (χ2n) is 5.02. The Hall–Kier alpha value is -1.86. The summed E-state index contributed by atoms with van der Waals surface area (Å²) in [5, 5.41) is 14.0. The predicted molar refractivity (Wildman–Crippen MR) is 84.9 cm³/mol. The maximum Gasteiger partial charge on any atom is 0.270 e. The number of likely N-dealkylation sites (tertiary alicyclic amines) is 1. The predicted octanol–water partition coefficient (Wildman–Crippen LogP) is 1.85. The number of carbonyl (C=O) groups is 1. The number of nitro groups is 1. The van der Waals surface area contributed by atoms with Gasteiger partial charge in [0.05, 0.1) is 17.6 Å². The van der Waals surface area contributed by atoms with Crippen molar-refractivity contribution in [2.45, 2.75) is 18.9 Å². The summed E-state index contributed by atoms with van der Waals surface area (Å²) >= 11 is 0. The fourth-order valence-electron chi connectivity index (χ4n) is 2.54. The minimum Gasteiger partial charge on any atom is -0.496 e. The molecule has 1 atom stereocenters. The number of halogens is 1. The number of nitrogens with zero attached hydrogens (tertiary/aromatic N) is 2. The van der Waals surface area contributed by atoms with Crippen molar-refractivity contribution in [2.75, 3.05) is 27.2 Å². The van der Waals surface area contributed by atoms with E-state index >= 15 is 0 Å². The molecule has 0 aromatic heterocycles. The number of ether oxygens (including phenoxy) is 1. The van der Waals surface area contributed by atoms with Gasteiger partial charge in [-0.25, -0.2) is 0 Å². The zero-order valence-corrected chi connectivity index (χ0v) is 13.4. The molecule has 1 amide bonds. The molecule has 1 aromatic rings. The zero-order chi connectivity index (χ0) is 15.4. The first-order valence-corrected chi connectivity index (χ1v) is 6.85. The van der Waals surface area contributed by atoms with Gasteiger partial charge < -0.3 is 15.0 Å². The van der Waals surface area contributed by atoms with Crippen molar-refractivity contribution in [1.29, 1.82) is 0 Å². The standard InChI is InChI=1S/C14H19N3O4.ClH/c1-15-10-4-3-7-16(9-10)14(18)12-8-11(17(19)20)5-6-13(12)21-2;/h5-6,8,10,15H,3-4,7,9H2,1-2H3;1H. The molecule has 1 aromatic carbocycles. The Morgan fingerprint density at radius 1 is 1.50 bits per heavy atom. The van der Waals surface area contributed by atoms with Gasteiger partial charge in [0.1, 0.15) is 5.75 Å². The van der Waals surface area contributed by atoms with Gasteiger partial charge in [-0.2, -0.15) is 0 Å². The lowest BCUT2D eigenvalue weighted by Gasteiger charge is -2.32. The van der Waals surface area contributed by atoms with E-state index in [9.17, 15) is 14.9 Å². The second kappa shape index (κ2) is 7.95. The summed E-state index contributed by atoms with van der Waals surface area (Å²) in [5.74, 6) is 0.132. The average Bonchev–Trinajstić information content (AvgIpc) is 2.53. The van der Waals surface area contributed by atoms with Gasteiger partial charge in [-0.15, -0.1) is 12.4 Å². The van der Waals surface area contributed by atoms with Crippen LogP contribution in [0.2, 0.25) is 0 Å². The van der Waals surface area contributed by atoms with Crippen LogP contribution in [0.15, 0.2) is 18.2 Å². The van der Waals surface area contributed by atoms with Crippen LogP contribution in [0.3, 0.4) is 0 Å². The Morgan fingerprint density at radius 2 is 2.23 bits per heavy atom. The summed E-state index contributed by atoms with van der Waals surface area (Å²) in [5.41, 5.74) is 0.129. The quantitative estimate of drug-likeness (QED) is 0.673. The van der Waals surface area contributed by atoms with E-state index in [4.69, 9.17) is 4.74 Å². The number of benzene rings is 1. The molecule has 2 rings (SSSR count). The molecule has 8 heteroatoms. The first-order valence-electron chi connectivity index (χ1n) is 6.85. The Bertz CT molecular complexity index is 553. The maximum absolute atomic E-state index is 12.6. The number of methoxy groups -OCH3 is 1. The maximum atomic E-state index is 12.6. The molecule has 0 spiro atoms. The molecule has 1 fully saturated rings. The largest absolute Gasteiger partial charge is 0.496 e. The number of non-ortho nitro benzene ring substituents is 1. The molecule has 22 heavy (non-hydrogen) atoms. The second-order valence-corrected chi connectivity index (χ2v) is 5.02. The number of likely N-dealkylation sites (N-methyl/N-ethyl adjacent to an activating group) is 1. The molecule has 1 saturated heterocycles. The van der Waals surface area contributed by atoms with E-state index in [1.807, 2.05) is 7.05 Å². The fourth-order valence-corrected chi connectivity index (χ4v) is 2.54. The number of rotatable bonds is 4. The molecule has 0 bridgehead atoms. The van der Waals surface area contributed by atoms with Crippen LogP contribution in [-0.4, -0.2) is 49.0 Å². The number of amides is 1. The van der Waals surface area contributed by atoms with Gasteiger partial charge in [0.25, 0.3) is 11.6 Å². The van der Waals surface area contributed by atoms with E-state index in [0.717, 1.165) is 12.8 Å². The van der Waals surface area contributed by atoms with Crippen LogP contribution in [-0.2, 0) is 0 Å². The lowest BCUT2D eigenvalue weighted by Crippen LogP contribution is -2.47. The van der Waals surface area contributed by atoms with E-state index in [2.05, 4.69) is 5.32 Å². The molecule has 0 saturated carbocycles. The number of nitro benzene ring substituents is 1. The first kappa shape index (κ1) is 18.2. The lowest BCUT2D eigenvalue weighted by atomic mass is 10.0. The van der Waals surface area contributed by atoms with Gasteiger partial charge in [0.15, 0.2) is 0 Å². The molecule has 1 N–H and O–H groups in total. The van der Waals surface area contributed by atoms with Gasteiger partial charge >= 0.3 is 0 Å². The van der Waals surface area contributed by atoms with Crippen molar-refractivity contribution < 1.29 is 14.5 Å². The van der Waals surface area contributed by atoms with Gasteiger partial charge in [-0.05, 0) is 26.0 Å². The number of nitrogens with one attached hydrogen (secondary N) is 1. The van der Waals surface area contributed by atoms with Crippen molar-refractivity contribution in [1.82, 2.24) is 10.2 Å². The monoisotopic (exact) mass is 329 g/mol. The Kier molecular flexibility index (Phi) is 6.58. The third-order valence-corrected chi connectivity index (χ3v) is 3.74. The Labute approximate surface area is 135 Å². The van der Waals surface area contributed by atoms with E-state index in [0.29, 0.717) is 18.8 Å². The Morgan fingerprint density at radius 3 is 2.82 bits per heavy atom. The summed E-state index contributed by atoms with van der Waals surface area (Å²) in [6.45, 7) is 1.25. The van der Waals surface area contributed by atoms with E-state index < -0.39 is 4.92 Å². The highest BCUT2D eigenvalue weighted by atomic mass is 35.5. The van der Waals surface area contributed by atoms with Crippen LogP contribution in [0.4, 0.5) is 5.69 Å². The third kappa shape index (κ3) is 3.86. The van der Waals surface area contributed by atoms with Gasteiger partial charge in [-0.1, -0.05) is 0 Å². The molecule has 1 heterocycles. The van der Waals surface area contributed by atoms with Crippen molar-refractivity contribution in [3.05, 3.63) is 33.9 Å². The van der Waals surface area contributed by atoms with Crippen LogP contribution in [0.1, 0.15) is 23.2 Å². The SMILES string of the molecule is CNC1CCCN(C(=O)c2cc([N+](=O)[O-])ccc2OC)C1.Cl. The van der Waals surface area contributed by atoms with Crippen LogP contribution in [0, 0.1) is 10.1 Å². The van der Waals surface area contributed by atoms with Crippen LogP contribution >= 0.6 is 12.4 Å². The number of hydrogen-bond acceptors (Lipinski definition) is 5. The molecular formula is C14H20ClN3O4. The van der Waals surface area contributed by atoms with E-state index in [1.165, 1.54) is 25.3 Å². The Balaban J connectivity index is 0.00000242. The summed E-state index contributed by atoms with van der Waals surface area (Å²) in [7, 11) is 3.32. The topological polar surface area (TPSA) is 84.7 Å². The van der Waals surface area contributed by atoms with Crippen molar-refractivity contribution in [3.63, 3.8) is 0 Å². The molecule has 122 valence electrons. The van der Waals surface area contributed by atoms with Crippen molar-refractivity contribution >= 4 is 24.0 Å². The molecule has 7 nitrogen and oxygen atoms in total. The first-order chi connectivity index (χ1) is 10.1. The molecule has 0 aliphatic carbocycles.